The number of unbranched alkanes of at least 4 members (excludes halogenated alkanes) is 1. The molecule has 11 N–H and O–H groups in total. The number of halogens is 4. The van der Waals surface area contributed by atoms with Gasteiger partial charge in [0.1, 0.15) is 28.7 Å². The van der Waals surface area contributed by atoms with Gasteiger partial charge < -0.3 is 83.8 Å². The summed E-state index contributed by atoms with van der Waals surface area (Å²) < 4.78 is 37.9. The number of aryl methyl sites for hydroxylation is 3. The maximum absolute atomic E-state index is 11.9. The van der Waals surface area contributed by atoms with E-state index in [1.165, 1.54) is 43.9 Å². The molecule has 119 heavy (non-hydrogen) atoms. The minimum atomic E-state index is -0.416. The second-order valence-electron chi connectivity index (χ2n) is 28.5. The Hall–Kier alpha value is -7.75. The Morgan fingerprint density at radius 2 is 0.916 bits per heavy atom. The molecule has 6 aliphatic rings. The number of amides is 5. The molecule has 6 aliphatic heterocycles. The number of fused-ring (bicyclic) bond motifs is 5. The van der Waals surface area contributed by atoms with Gasteiger partial charge in [0.2, 0.25) is 29.5 Å². The minimum Gasteiger partial charge on any atom is -0.343 e. The first-order valence-corrected chi connectivity index (χ1v) is 41.5. The van der Waals surface area contributed by atoms with Gasteiger partial charge in [-0.05, 0) is 205 Å². The van der Waals surface area contributed by atoms with Gasteiger partial charge in [-0.1, -0.05) is 138 Å². The average Bonchev–Trinajstić information content (AvgIpc) is 2.15. The molecule has 1 fully saturated rings. The fourth-order valence-electron chi connectivity index (χ4n) is 10.8. The largest absolute Gasteiger partial charge is 1.00 e. The molecule has 29 heteroatoms. The third-order valence-corrected chi connectivity index (χ3v) is 19.2. The van der Waals surface area contributed by atoms with Crippen LogP contribution in [0.1, 0.15) is 161 Å². The number of hydrogen-bond donors (Lipinski definition) is 10. The van der Waals surface area contributed by atoms with Crippen molar-refractivity contribution >= 4 is 176 Å². The first-order chi connectivity index (χ1) is 54.5. The number of ether oxygens (including phenoxy) is 6. The van der Waals surface area contributed by atoms with E-state index in [-0.39, 0.29) is 82.7 Å². The van der Waals surface area contributed by atoms with Crippen LogP contribution >= 0.6 is 88.8 Å². The monoisotopic (exact) mass is 1920 g/mol. The molecule has 643 valence electrons. The normalized spacial score (nSPS) is 12.0. The number of carbonyl (C=O) groups excluding carboxylic acids is 5. The molecule has 0 atom stereocenters. The van der Waals surface area contributed by atoms with Crippen molar-refractivity contribution in [2.75, 3.05) is 96.2 Å². The second kappa shape index (κ2) is 57.5. The summed E-state index contributed by atoms with van der Waals surface area (Å²) in [5, 5.41) is 26.4. The average molecular weight is 1920 g/mol. The summed E-state index contributed by atoms with van der Waals surface area (Å²) in [6.45, 7) is 35.2. The number of epoxide rings is 1. The van der Waals surface area contributed by atoms with E-state index in [9.17, 15) is 24.0 Å². The SMILES string of the molecule is C.C.C.C1CO1.CC(=O)Nc1c(Br)cc(Br)c2c1CCO2.CC(=O)Nc1c(Br)ccc2c1CCO2.CC(=O)Nc1cccc2c1CCO2.CC(=S)Nc1c(Br)ccc2c1CCO2.Cc1cccc(N)c1.Cc1cccc(NC(=O)C(C)(C)C)c1.Cc1cccc(NC(=O)C(C)(C)C)c1CCO.Nc1cccc2c1CCO2.[B]=NS.[CH2-]CCC.[Li+]. The number of rotatable bonds is 9. The summed E-state index contributed by atoms with van der Waals surface area (Å²) >= 11 is 22.0. The second-order valence-corrected chi connectivity index (χ2v) is 32.8. The van der Waals surface area contributed by atoms with Crippen molar-refractivity contribution in [2.24, 2.45) is 15.1 Å². The zero-order chi connectivity index (χ0) is 85.5. The number of thiocarbonyl (C=S) groups is 1. The standard InChI is InChI=1S/C14H21NO2.C12H17NO.C10H9Br2NO2.C10H10BrNO2.C10H10BrNOS.C10H11NO2.C8H9NO.C7H9N.C4H9.C2H4O.3CH4.BHNS.Li/c1-10-6-5-7-12(11(10)8-9-16)15-13(17)14(2,3)4;1-9-6-5-7-10(8-9)13-11(14)12(2,3)4;1-5(14)13-9-6-2-3-15-10(6)8(12)4-7(9)11;1-6(13)12-10-7-4-5-14-9(7)3-2-8(10)11;1-6(14)12-10-7-4-5-13-9(7)3-2-8(10)11;1-7(12)11-9-3-2-4-10-8(9)5-6-13-10;9-7-2-1-3-8-6(7)4-5-10-8;1-6-3-2-4-7(8)5-6;1-3-4-2;1-2-3-1;;;;1-2-3;/h5-7,16H,8-9H2,1-4H3,(H,15,17);5-8H,1-4H3,(H,13,14);4H,2-3H2,1H3,(H,13,14);2-3H,4-5H2,1H3,(H,12,13);2-3H,4-5H2,1H3,(H,12,14);2-4H,5-6H2,1H3,(H,11,12);1-3H,4-5,9H2;2-5H,8H2,1H3;1,3-4H2,2H3;1-2H2;3*1H4;3H;/q;;;;;;;;-1;;;;;;+1. The number of nitrogens with zero attached hydrogens (tertiary/aromatic N) is 1. The van der Waals surface area contributed by atoms with E-state index in [1.807, 2.05) is 203 Å². The van der Waals surface area contributed by atoms with Crippen LogP contribution in [0.4, 0.5) is 45.5 Å². The predicted molar refractivity (Wildman–Crippen MR) is 512 cm³/mol. The molecule has 0 bridgehead atoms. The first kappa shape index (κ1) is 111. The molecule has 0 spiro atoms. The van der Waals surface area contributed by atoms with E-state index in [2.05, 4.69) is 139 Å². The number of benzene rings is 8. The van der Waals surface area contributed by atoms with E-state index in [0.717, 1.165) is 195 Å². The van der Waals surface area contributed by atoms with Crippen LogP contribution in [0.5, 0.6) is 28.7 Å². The number of carbonyl (C=O) groups is 5. The van der Waals surface area contributed by atoms with Crippen LogP contribution in [-0.4, -0.2) is 100 Å². The smallest absolute Gasteiger partial charge is 0.343 e. The molecule has 14 rings (SSSR count). The number of anilines is 8. The maximum atomic E-state index is 11.9. The van der Waals surface area contributed by atoms with E-state index in [4.69, 9.17) is 52.5 Å². The molecule has 8 aromatic carbocycles. The minimum absolute atomic E-state index is 0. The Morgan fingerprint density at radius 3 is 1.35 bits per heavy atom. The summed E-state index contributed by atoms with van der Waals surface area (Å²) in [6.07, 6.45) is 7.30. The third-order valence-electron chi connectivity index (χ3n) is 16.5. The molecule has 0 saturated carbocycles. The fourth-order valence-corrected chi connectivity index (χ4v) is 13.3. The van der Waals surface area contributed by atoms with Crippen molar-refractivity contribution in [1.29, 1.82) is 0 Å². The number of nitrogens with one attached hydrogen (secondary N) is 6. The van der Waals surface area contributed by atoms with Gasteiger partial charge in [-0.3, -0.25) is 24.0 Å². The molecule has 21 nitrogen and oxygen atoms in total. The van der Waals surface area contributed by atoms with Crippen molar-refractivity contribution in [3.63, 3.8) is 0 Å². The van der Waals surface area contributed by atoms with Gasteiger partial charge in [0, 0.05) is 140 Å². The Balaban J connectivity index is 0.00000131. The Kier molecular flexibility index (Phi) is 53.8. The number of nitrogens with two attached hydrogens (primary N) is 2. The quantitative estimate of drug-likeness (QED) is 0.0160. The van der Waals surface area contributed by atoms with Crippen molar-refractivity contribution < 1.29 is 76.4 Å². The predicted octanol–water partition coefficient (Wildman–Crippen LogP) is 19.2. The molecule has 8 aromatic rings. The Morgan fingerprint density at radius 1 is 0.513 bits per heavy atom. The van der Waals surface area contributed by atoms with E-state index >= 15 is 0 Å². The third kappa shape index (κ3) is 40.2. The van der Waals surface area contributed by atoms with Gasteiger partial charge >= 0.3 is 43.6 Å². The van der Waals surface area contributed by atoms with Crippen molar-refractivity contribution in [1.82, 2.24) is 0 Å². The molecule has 0 unspecified atom stereocenters. The Labute approximate surface area is 765 Å². The topological polar surface area (TPSA) is 301 Å². The Bertz CT molecular complexity index is 4470. The molecule has 5 amide bonds. The van der Waals surface area contributed by atoms with Gasteiger partial charge in [-0.2, -0.15) is 6.42 Å². The van der Waals surface area contributed by atoms with Gasteiger partial charge in [0.15, 0.2) is 0 Å². The number of nitrogen functional groups attached to an aromatic ring is 2. The summed E-state index contributed by atoms with van der Waals surface area (Å²) in [6, 6.07) is 42.5. The van der Waals surface area contributed by atoms with Crippen LogP contribution in [0.3, 0.4) is 0 Å². The van der Waals surface area contributed by atoms with Gasteiger partial charge in [0.05, 0.1) is 72.8 Å². The molecular weight excluding hydrogens is 1800 g/mol. The number of hydrogen-bond acceptors (Lipinski definition) is 17. The summed E-state index contributed by atoms with van der Waals surface area (Å²) in [5.41, 5.74) is 27.4. The number of aliphatic hydroxyl groups excluding tert-OH is 1. The molecule has 0 aliphatic carbocycles. The van der Waals surface area contributed by atoms with Crippen LogP contribution in [0.2, 0.25) is 0 Å². The van der Waals surface area contributed by atoms with Gasteiger partial charge in [0.25, 0.3) is 0 Å². The van der Waals surface area contributed by atoms with Crippen molar-refractivity contribution in [3.8, 4) is 28.7 Å². The molecule has 1 saturated heterocycles. The number of thiol groups is 1. The van der Waals surface area contributed by atoms with Crippen molar-refractivity contribution in [3.05, 3.63) is 208 Å². The molecule has 6 heterocycles. The fraction of sp³-hybridized carbons (Fsp3) is 0.389. The van der Waals surface area contributed by atoms with Crippen LogP contribution in [0.25, 0.3) is 0 Å². The van der Waals surface area contributed by atoms with E-state index < -0.39 is 5.41 Å². The first-order valence-electron chi connectivity index (χ1n) is 37.5. The van der Waals surface area contributed by atoms with Gasteiger partial charge in [-0.15, -0.1) is 0 Å². The summed E-state index contributed by atoms with van der Waals surface area (Å²) in [5.74, 6) is 4.38. The maximum Gasteiger partial charge on any atom is 1.00 e. The van der Waals surface area contributed by atoms with E-state index in [0.29, 0.717) is 26.2 Å². The van der Waals surface area contributed by atoms with Crippen LogP contribution in [0, 0.1) is 38.5 Å². The van der Waals surface area contributed by atoms with Gasteiger partial charge in [-0.25, -0.2) is 0 Å². The van der Waals surface area contributed by atoms with Crippen LogP contribution < -0.4 is 85.9 Å². The molecule has 0 aromatic heterocycles. The van der Waals surface area contributed by atoms with Crippen LogP contribution in [-0.2, 0) is 67.2 Å². The number of aliphatic hydroxyl groups is 1. The summed E-state index contributed by atoms with van der Waals surface area (Å²) in [4.78, 5) is 57.3. The molecular formula is C90H122BBr4LiN9O12S2. The van der Waals surface area contributed by atoms with Crippen molar-refractivity contribution in [2.45, 2.75) is 171 Å². The summed E-state index contributed by atoms with van der Waals surface area (Å²) in [7, 11) is 4.34. The van der Waals surface area contributed by atoms with Crippen LogP contribution in [0.15, 0.2) is 156 Å². The molecule has 1 radical (unpaired) electrons. The zero-order valence-electron chi connectivity index (χ0n) is 69.2. The van der Waals surface area contributed by atoms with E-state index in [1.54, 1.807) is 0 Å². The zero-order valence-corrected chi connectivity index (χ0v) is 77.3.